The van der Waals surface area contributed by atoms with Gasteiger partial charge in [0.1, 0.15) is 0 Å². The van der Waals surface area contributed by atoms with E-state index in [9.17, 15) is 10.1 Å². The molecule has 1 aromatic carbocycles. The van der Waals surface area contributed by atoms with Gasteiger partial charge < -0.3 is 10.2 Å². The van der Waals surface area contributed by atoms with Gasteiger partial charge in [0, 0.05) is 35.9 Å². The fourth-order valence-electron chi connectivity index (χ4n) is 4.00. The van der Waals surface area contributed by atoms with Crippen LogP contribution in [0.5, 0.6) is 0 Å². The first-order chi connectivity index (χ1) is 10.2. The van der Waals surface area contributed by atoms with Crippen LogP contribution in [0.1, 0.15) is 39.0 Å². The fraction of sp³-hybridized carbons (Fsp3) is 0.625. The van der Waals surface area contributed by atoms with Crippen molar-refractivity contribution in [3.63, 3.8) is 0 Å². The Morgan fingerprint density at radius 2 is 1.86 bits per heavy atom. The molecular weight excluding hydrogens is 266 g/mol. The molecule has 21 heavy (non-hydrogen) atoms. The molecule has 1 aromatic rings. The van der Waals surface area contributed by atoms with Gasteiger partial charge in [0.15, 0.2) is 0 Å². The lowest BCUT2D eigenvalue weighted by Gasteiger charge is -2.50. The summed E-state index contributed by atoms with van der Waals surface area (Å²) in [7, 11) is 0. The quantitative estimate of drug-likeness (QED) is 0.683. The summed E-state index contributed by atoms with van der Waals surface area (Å²) in [6, 6.07) is 8.85. The van der Waals surface area contributed by atoms with E-state index in [-0.39, 0.29) is 10.6 Å². The second-order valence-corrected chi connectivity index (χ2v) is 6.15. The number of fused-ring (bicyclic) bond motifs is 2. The third kappa shape index (κ3) is 2.88. The van der Waals surface area contributed by atoms with Crippen molar-refractivity contribution < 1.29 is 4.92 Å². The largest absolute Gasteiger partial charge is 0.365 e. The van der Waals surface area contributed by atoms with E-state index in [1.165, 1.54) is 32.1 Å². The van der Waals surface area contributed by atoms with Gasteiger partial charge in [-0.05, 0) is 50.8 Å². The third-order valence-electron chi connectivity index (χ3n) is 4.83. The van der Waals surface area contributed by atoms with Crippen LogP contribution < -0.4 is 10.2 Å². The molecule has 114 valence electrons. The predicted molar refractivity (Wildman–Crippen MR) is 83.7 cm³/mol. The number of nitrogens with one attached hydrogen (secondary N) is 1. The number of nitro groups is 1. The molecule has 2 bridgehead atoms. The molecule has 0 spiro atoms. The number of non-ortho nitro benzene ring substituents is 1. The van der Waals surface area contributed by atoms with Crippen LogP contribution in [0.2, 0.25) is 0 Å². The van der Waals surface area contributed by atoms with Gasteiger partial charge in [0.25, 0.3) is 5.69 Å². The van der Waals surface area contributed by atoms with Gasteiger partial charge in [-0.25, -0.2) is 0 Å². The second-order valence-electron chi connectivity index (χ2n) is 6.15. The Balaban J connectivity index is 1.80. The van der Waals surface area contributed by atoms with Crippen molar-refractivity contribution in [2.75, 3.05) is 11.4 Å². The van der Waals surface area contributed by atoms with E-state index >= 15 is 0 Å². The Morgan fingerprint density at radius 3 is 2.38 bits per heavy atom. The number of rotatable bonds is 4. The minimum atomic E-state index is -0.331. The Kier molecular flexibility index (Phi) is 4.10. The summed E-state index contributed by atoms with van der Waals surface area (Å²) in [4.78, 5) is 13.0. The summed E-state index contributed by atoms with van der Waals surface area (Å²) in [6.07, 6.45) is 6.13. The number of hydrogen-bond donors (Lipinski definition) is 1. The van der Waals surface area contributed by atoms with Crippen molar-refractivity contribution in [2.45, 2.75) is 57.2 Å². The maximum Gasteiger partial charge on any atom is 0.269 e. The SMILES string of the molecule is CCNC1CC2CCCC(C1)N2c1ccc([N+](=O)[O-])cc1. The summed E-state index contributed by atoms with van der Waals surface area (Å²) in [6.45, 7) is 3.19. The smallest absolute Gasteiger partial charge is 0.269 e. The number of nitrogens with zero attached hydrogens (tertiary/aromatic N) is 2. The van der Waals surface area contributed by atoms with Crippen molar-refractivity contribution in [2.24, 2.45) is 0 Å². The maximum atomic E-state index is 10.8. The molecule has 2 atom stereocenters. The molecule has 1 N–H and O–H groups in total. The maximum absolute atomic E-state index is 10.8. The van der Waals surface area contributed by atoms with Gasteiger partial charge in [-0.2, -0.15) is 0 Å². The highest BCUT2D eigenvalue weighted by molar-refractivity contribution is 5.53. The van der Waals surface area contributed by atoms with Crippen LogP contribution in [0.15, 0.2) is 24.3 Å². The van der Waals surface area contributed by atoms with Gasteiger partial charge in [-0.1, -0.05) is 6.92 Å². The van der Waals surface area contributed by atoms with Crippen molar-refractivity contribution >= 4 is 11.4 Å². The minimum Gasteiger partial charge on any atom is -0.365 e. The predicted octanol–water partition coefficient (Wildman–Crippen LogP) is 3.09. The van der Waals surface area contributed by atoms with Gasteiger partial charge >= 0.3 is 0 Å². The molecule has 2 saturated heterocycles. The molecule has 3 rings (SSSR count). The Bertz CT molecular complexity index is 489. The summed E-state index contributed by atoms with van der Waals surface area (Å²) in [5, 5.41) is 14.4. The standard InChI is InChI=1S/C16H23N3O2/c1-2-17-12-10-15-4-3-5-16(11-12)18(15)13-6-8-14(9-7-13)19(20)21/h6-9,12,15-17H,2-5,10-11H2,1H3. The average Bonchev–Trinajstić information content (AvgIpc) is 2.47. The molecule has 5 heteroatoms. The topological polar surface area (TPSA) is 58.4 Å². The van der Waals surface area contributed by atoms with E-state index < -0.39 is 0 Å². The van der Waals surface area contributed by atoms with Crippen LogP contribution in [0.4, 0.5) is 11.4 Å². The van der Waals surface area contributed by atoms with Crippen LogP contribution in [-0.4, -0.2) is 29.6 Å². The number of anilines is 1. The molecule has 2 unspecified atom stereocenters. The lowest BCUT2D eigenvalue weighted by Crippen LogP contribution is -2.56. The summed E-state index contributed by atoms with van der Waals surface area (Å²) in [5.74, 6) is 0. The number of hydrogen-bond acceptors (Lipinski definition) is 4. The van der Waals surface area contributed by atoms with Gasteiger partial charge in [0.2, 0.25) is 0 Å². The van der Waals surface area contributed by atoms with Gasteiger partial charge in [-0.3, -0.25) is 10.1 Å². The first-order valence-corrected chi connectivity index (χ1v) is 7.95. The summed E-state index contributed by atoms with van der Waals surface area (Å²) < 4.78 is 0. The monoisotopic (exact) mass is 289 g/mol. The summed E-state index contributed by atoms with van der Waals surface area (Å²) >= 11 is 0. The number of nitro benzene ring substituents is 1. The van der Waals surface area contributed by atoms with Crippen LogP contribution in [0, 0.1) is 10.1 Å². The molecule has 2 aliphatic rings. The fourth-order valence-corrected chi connectivity index (χ4v) is 4.00. The molecule has 0 saturated carbocycles. The first kappa shape index (κ1) is 14.3. The van der Waals surface area contributed by atoms with E-state index in [0.717, 1.165) is 12.2 Å². The Hall–Kier alpha value is -1.62. The van der Waals surface area contributed by atoms with E-state index in [1.54, 1.807) is 12.1 Å². The molecule has 0 aromatic heterocycles. The highest BCUT2D eigenvalue weighted by Gasteiger charge is 2.38. The molecule has 2 fully saturated rings. The summed E-state index contributed by atoms with van der Waals surface area (Å²) in [5.41, 5.74) is 1.32. The molecule has 0 amide bonds. The van der Waals surface area contributed by atoms with E-state index in [1.807, 2.05) is 12.1 Å². The van der Waals surface area contributed by atoms with Gasteiger partial charge in [0.05, 0.1) is 4.92 Å². The van der Waals surface area contributed by atoms with Crippen molar-refractivity contribution in [1.29, 1.82) is 0 Å². The van der Waals surface area contributed by atoms with E-state index in [2.05, 4.69) is 17.1 Å². The van der Waals surface area contributed by atoms with Crippen LogP contribution in [-0.2, 0) is 0 Å². The molecule has 0 aliphatic carbocycles. The molecule has 5 nitrogen and oxygen atoms in total. The number of piperidine rings is 2. The Morgan fingerprint density at radius 1 is 1.24 bits per heavy atom. The van der Waals surface area contributed by atoms with Crippen LogP contribution in [0.3, 0.4) is 0 Å². The highest BCUT2D eigenvalue weighted by Crippen LogP contribution is 2.38. The zero-order valence-electron chi connectivity index (χ0n) is 12.5. The lowest BCUT2D eigenvalue weighted by molar-refractivity contribution is -0.384. The normalized spacial score (nSPS) is 28.4. The number of benzene rings is 1. The molecule has 2 heterocycles. The van der Waals surface area contributed by atoms with E-state index in [0.29, 0.717) is 18.1 Å². The first-order valence-electron chi connectivity index (χ1n) is 7.95. The zero-order valence-corrected chi connectivity index (χ0v) is 12.5. The Labute approximate surface area is 125 Å². The van der Waals surface area contributed by atoms with E-state index in [4.69, 9.17) is 0 Å². The second kappa shape index (κ2) is 6.02. The third-order valence-corrected chi connectivity index (χ3v) is 4.83. The molecule has 2 aliphatic heterocycles. The average molecular weight is 289 g/mol. The van der Waals surface area contributed by atoms with Crippen LogP contribution >= 0.6 is 0 Å². The lowest BCUT2D eigenvalue weighted by atomic mass is 9.81. The molecule has 0 radical (unpaired) electrons. The molecular formula is C16H23N3O2. The van der Waals surface area contributed by atoms with Crippen molar-refractivity contribution in [3.8, 4) is 0 Å². The minimum absolute atomic E-state index is 0.173. The van der Waals surface area contributed by atoms with Crippen molar-refractivity contribution in [1.82, 2.24) is 5.32 Å². The van der Waals surface area contributed by atoms with Gasteiger partial charge in [-0.15, -0.1) is 0 Å². The highest BCUT2D eigenvalue weighted by atomic mass is 16.6. The van der Waals surface area contributed by atoms with Crippen molar-refractivity contribution in [3.05, 3.63) is 34.4 Å². The van der Waals surface area contributed by atoms with Crippen LogP contribution in [0.25, 0.3) is 0 Å². The zero-order chi connectivity index (χ0) is 14.8.